The lowest BCUT2D eigenvalue weighted by Gasteiger charge is -2.29. The molecule has 0 bridgehead atoms. The average molecular weight is 314 g/mol. The van der Waals surface area contributed by atoms with Gasteiger partial charge in [0.1, 0.15) is 5.82 Å². The van der Waals surface area contributed by atoms with Gasteiger partial charge in [0, 0.05) is 12.5 Å². The predicted molar refractivity (Wildman–Crippen MR) is 72.0 cm³/mol. The van der Waals surface area contributed by atoms with Gasteiger partial charge in [-0.25, -0.2) is 17.5 Å². The van der Waals surface area contributed by atoms with Gasteiger partial charge in [0.2, 0.25) is 10.0 Å². The lowest BCUT2D eigenvalue weighted by molar-refractivity contribution is -0.312. The SMILES string of the molecule is O=C([O-])C1CCC(CNS(=O)(=O)c2ccc(F)cc2)CC1. The van der Waals surface area contributed by atoms with Crippen molar-refractivity contribution >= 4 is 16.0 Å². The Hall–Kier alpha value is -1.47. The van der Waals surface area contributed by atoms with Crippen LogP contribution in [0.5, 0.6) is 0 Å². The van der Waals surface area contributed by atoms with E-state index in [0.717, 1.165) is 12.1 Å². The summed E-state index contributed by atoms with van der Waals surface area (Å²) in [6, 6.07) is 4.62. The summed E-state index contributed by atoms with van der Waals surface area (Å²) >= 11 is 0. The van der Waals surface area contributed by atoms with Gasteiger partial charge in [0.15, 0.2) is 0 Å². The van der Waals surface area contributed by atoms with Gasteiger partial charge in [0.25, 0.3) is 0 Å². The first-order valence-corrected chi connectivity index (χ1v) is 8.33. The molecule has 1 aliphatic rings. The monoisotopic (exact) mass is 314 g/mol. The second-order valence-corrected chi connectivity index (χ2v) is 7.11. The molecule has 116 valence electrons. The molecule has 2 rings (SSSR count). The van der Waals surface area contributed by atoms with E-state index in [-0.39, 0.29) is 17.4 Å². The lowest BCUT2D eigenvalue weighted by atomic mass is 9.82. The highest BCUT2D eigenvalue weighted by molar-refractivity contribution is 7.89. The Morgan fingerprint density at radius 3 is 2.29 bits per heavy atom. The van der Waals surface area contributed by atoms with E-state index >= 15 is 0 Å². The lowest BCUT2D eigenvalue weighted by Crippen LogP contribution is -2.36. The highest BCUT2D eigenvalue weighted by Crippen LogP contribution is 2.28. The number of carbonyl (C=O) groups is 1. The van der Waals surface area contributed by atoms with E-state index in [1.807, 2.05) is 0 Å². The Kier molecular flexibility index (Phi) is 4.95. The third-order valence-electron chi connectivity index (χ3n) is 3.87. The number of rotatable bonds is 5. The Balaban J connectivity index is 1.88. The first-order valence-electron chi connectivity index (χ1n) is 6.84. The molecule has 0 saturated heterocycles. The molecule has 5 nitrogen and oxygen atoms in total. The van der Waals surface area contributed by atoms with E-state index in [1.54, 1.807) is 0 Å². The molecule has 1 aromatic rings. The van der Waals surface area contributed by atoms with Gasteiger partial charge in [-0.2, -0.15) is 0 Å². The maximum absolute atomic E-state index is 12.8. The second-order valence-electron chi connectivity index (χ2n) is 5.34. The molecule has 21 heavy (non-hydrogen) atoms. The van der Waals surface area contributed by atoms with Crippen LogP contribution in [0, 0.1) is 17.7 Å². The van der Waals surface area contributed by atoms with Crippen molar-refractivity contribution in [1.82, 2.24) is 4.72 Å². The van der Waals surface area contributed by atoms with Gasteiger partial charge >= 0.3 is 0 Å². The van der Waals surface area contributed by atoms with E-state index in [9.17, 15) is 22.7 Å². The van der Waals surface area contributed by atoms with Gasteiger partial charge in [-0.15, -0.1) is 0 Å². The van der Waals surface area contributed by atoms with Crippen molar-refractivity contribution < 1.29 is 22.7 Å². The number of hydrogen-bond donors (Lipinski definition) is 1. The number of aliphatic carboxylic acids is 1. The van der Waals surface area contributed by atoms with Crippen molar-refractivity contribution in [2.45, 2.75) is 30.6 Å². The van der Waals surface area contributed by atoms with Crippen molar-refractivity contribution in [1.29, 1.82) is 0 Å². The molecule has 1 N–H and O–H groups in total. The number of nitrogens with one attached hydrogen (secondary N) is 1. The third kappa shape index (κ3) is 4.25. The third-order valence-corrected chi connectivity index (χ3v) is 5.31. The Morgan fingerprint density at radius 2 is 1.76 bits per heavy atom. The molecule has 1 aliphatic carbocycles. The summed E-state index contributed by atoms with van der Waals surface area (Å²) in [5, 5.41) is 10.7. The first-order chi connectivity index (χ1) is 9.88. The van der Waals surface area contributed by atoms with Crippen LogP contribution < -0.4 is 9.83 Å². The van der Waals surface area contributed by atoms with Gasteiger partial charge in [-0.05, 0) is 61.8 Å². The van der Waals surface area contributed by atoms with Crippen LogP contribution in [0.1, 0.15) is 25.7 Å². The quantitative estimate of drug-likeness (QED) is 0.865. The van der Waals surface area contributed by atoms with Crippen LogP contribution in [0.15, 0.2) is 29.2 Å². The van der Waals surface area contributed by atoms with E-state index in [4.69, 9.17) is 0 Å². The molecular formula is C14H17FNO4S-. The number of benzene rings is 1. The molecule has 0 aromatic heterocycles. The highest BCUT2D eigenvalue weighted by Gasteiger charge is 2.23. The molecule has 0 heterocycles. The van der Waals surface area contributed by atoms with Crippen LogP contribution in [0.4, 0.5) is 4.39 Å². The second kappa shape index (κ2) is 6.53. The smallest absolute Gasteiger partial charge is 0.240 e. The predicted octanol–water partition coefficient (Wildman–Crippen LogP) is 0.660. The molecule has 0 amide bonds. The molecular weight excluding hydrogens is 297 g/mol. The largest absolute Gasteiger partial charge is 0.550 e. The van der Waals surface area contributed by atoms with Gasteiger partial charge in [-0.1, -0.05) is 0 Å². The van der Waals surface area contributed by atoms with Crippen LogP contribution in [0.3, 0.4) is 0 Å². The molecule has 7 heteroatoms. The molecule has 0 unspecified atom stereocenters. The van der Waals surface area contributed by atoms with Crippen LogP contribution in [0.2, 0.25) is 0 Å². The van der Waals surface area contributed by atoms with Gasteiger partial charge in [-0.3, -0.25) is 0 Å². The molecule has 1 aromatic carbocycles. The number of halogens is 1. The summed E-state index contributed by atoms with van der Waals surface area (Å²) in [6.45, 7) is 0.263. The van der Waals surface area contributed by atoms with Crippen LogP contribution in [-0.2, 0) is 14.8 Å². The summed E-state index contributed by atoms with van der Waals surface area (Å²) in [5.74, 6) is -1.82. The zero-order chi connectivity index (χ0) is 15.5. The fourth-order valence-corrected chi connectivity index (χ4v) is 3.64. The summed E-state index contributed by atoms with van der Waals surface area (Å²) in [5.41, 5.74) is 0. The van der Waals surface area contributed by atoms with Crippen molar-refractivity contribution in [3.05, 3.63) is 30.1 Å². The zero-order valence-electron chi connectivity index (χ0n) is 11.4. The molecule has 0 atom stereocenters. The Morgan fingerprint density at radius 1 is 1.19 bits per heavy atom. The van der Waals surface area contributed by atoms with Crippen LogP contribution in [0.25, 0.3) is 0 Å². The number of carbonyl (C=O) groups excluding carboxylic acids is 1. The average Bonchev–Trinajstić information content (AvgIpc) is 2.46. The molecule has 1 saturated carbocycles. The summed E-state index contributed by atoms with van der Waals surface area (Å²) in [4.78, 5) is 10.8. The maximum Gasteiger partial charge on any atom is 0.240 e. The van der Waals surface area contributed by atoms with Crippen molar-refractivity contribution in [2.75, 3.05) is 6.54 Å². The van der Waals surface area contributed by atoms with Gasteiger partial charge < -0.3 is 9.90 Å². The minimum atomic E-state index is -3.65. The summed E-state index contributed by atoms with van der Waals surface area (Å²) in [6.07, 6.45) is 2.35. The summed E-state index contributed by atoms with van der Waals surface area (Å²) < 4.78 is 39.3. The van der Waals surface area contributed by atoms with E-state index < -0.39 is 27.7 Å². The van der Waals surface area contributed by atoms with Crippen LogP contribution >= 0.6 is 0 Å². The number of hydrogen-bond acceptors (Lipinski definition) is 4. The Labute approximate surface area is 123 Å². The summed E-state index contributed by atoms with van der Waals surface area (Å²) in [7, 11) is -3.65. The fraction of sp³-hybridized carbons (Fsp3) is 0.500. The topological polar surface area (TPSA) is 86.3 Å². The standard InChI is InChI=1S/C14H18FNO4S/c15-12-5-7-13(8-6-12)21(19,20)16-9-10-1-3-11(4-2-10)14(17)18/h5-8,10-11,16H,1-4,9H2,(H,17,18)/p-1. The van der Waals surface area contributed by atoms with E-state index in [0.29, 0.717) is 25.7 Å². The Bertz CT molecular complexity index is 592. The van der Waals surface area contributed by atoms with E-state index in [1.165, 1.54) is 12.1 Å². The number of sulfonamides is 1. The zero-order valence-corrected chi connectivity index (χ0v) is 12.2. The molecule has 0 radical (unpaired) electrons. The minimum Gasteiger partial charge on any atom is -0.550 e. The number of carboxylic acids is 1. The first kappa shape index (κ1) is 15.9. The van der Waals surface area contributed by atoms with Gasteiger partial charge in [0.05, 0.1) is 4.90 Å². The molecule has 0 spiro atoms. The van der Waals surface area contributed by atoms with Crippen molar-refractivity contribution in [3.63, 3.8) is 0 Å². The normalized spacial score (nSPS) is 22.9. The molecule has 0 aliphatic heterocycles. The molecule has 1 fully saturated rings. The minimum absolute atomic E-state index is 0.0207. The van der Waals surface area contributed by atoms with Crippen LogP contribution in [-0.4, -0.2) is 20.9 Å². The van der Waals surface area contributed by atoms with Crippen molar-refractivity contribution in [3.8, 4) is 0 Å². The van der Waals surface area contributed by atoms with E-state index in [2.05, 4.69) is 4.72 Å². The maximum atomic E-state index is 12.8. The van der Waals surface area contributed by atoms with Crippen molar-refractivity contribution in [2.24, 2.45) is 11.8 Å². The number of carboxylic acid groups (broad SMARTS) is 1. The fourth-order valence-electron chi connectivity index (χ4n) is 2.53. The highest BCUT2D eigenvalue weighted by atomic mass is 32.2.